The summed E-state index contributed by atoms with van der Waals surface area (Å²) in [5, 5.41) is 0. The maximum absolute atomic E-state index is 5.76. The summed E-state index contributed by atoms with van der Waals surface area (Å²) >= 11 is 2.31. The molecule has 2 heteroatoms. The largest absolute Gasteiger partial charge is 0.493 e. The van der Waals surface area contributed by atoms with Gasteiger partial charge in [-0.05, 0) is 65.5 Å². The SMILES string of the molecule is C[C@H]1CC[C@@H]1COc1cccc(I)c1. The van der Waals surface area contributed by atoms with Gasteiger partial charge in [0.15, 0.2) is 0 Å². The molecule has 0 heterocycles. The first-order valence-corrected chi connectivity index (χ1v) is 6.22. The molecule has 0 aliphatic heterocycles. The third kappa shape index (κ3) is 2.41. The van der Waals surface area contributed by atoms with Crippen LogP contribution in [-0.4, -0.2) is 6.61 Å². The molecule has 2 rings (SSSR count). The van der Waals surface area contributed by atoms with Crippen molar-refractivity contribution in [3.05, 3.63) is 27.8 Å². The van der Waals surface area contributed by atoms with E-state index in [9.17, 15) is 0 Å². The van der Waals surface area contributed by atoms with E-state index in [1.807, 2.05) is 12.1 Å². The molecule has 1 aromatic rings. The summed E-state index contributed by atoms with van der Waals surface area (Å²) in [6.45, 7) is 3.20. The molecule has 1 aliphatic carbocycles. The summed E-state index contributed by atoms with van der Waals surface area (Å²) in [5.74, 6) is 2.65. The molecular weight excluding hydrogens is 287 g/mol. The highest BCUT2D eigenvalue weighted by Crippen LogP contribution is 2.33. The lowest BCUT2D eigenvalue weighted by Gasteiger charge is -2.33. The Morgan fingerprint density at radius 1 is 1.43 bits per heavy atom. The van der Waals surface area contributed by atoms with Gasteiger partial charge in [0.25, 0.3) is 0 Å². The molecule has 1 aliphatic rings. The predicted octanol–water partition coefficient (Wildman–Crippen LogP) is 3.72. The Morgan fingerprint density at radius 2 is 2.29 bits per heavy atom. The predicted molar refractivity (Wildman–Crippen MR) is 66.5 cm³/mol. The van der Waals surface area contributed by atoms with E-state index in [-0.39, 0.29) is 0 Å². The monoisotopic (exact) mass is 302 g/mol. The number of ether oxygens (including phenoxy) is 1. The topological polar surface area (TPSA) is 9.23 Å². The van der Waals surface area contributed by atoms with Crippen molar-refractivity contribution in [2.45, 2.75) is 19.8 Å². The highest BCUT2D eigenvalue weighted by molar-refractivity contribution is 14.1. The minimum absolute atomic E-state index is 0.785. The Morgan fingerprint density at radius 3 is 2.86 bits per heavy atom. The maximum Gasteiger partial charge on any atom is 0.120 e. The van der Waals surface area contributed by atoms with Gasteiger partial charge < -0.3 is 4.74 Å². The summed E-state index contributed by atoms with van der Waals surface area (Å²) in [6, 6.07) is 8.25. The third-order valence-corrected chi connectivity index (χ3v) is 3.73. The second-order valence-corrected chi connectivity index (χ2v) is 5.33. The first kappa shape index (κ1) is 10.3. The van der Waals surface area contributed by atoms with Crippen molar-refractivity contribution >= 4 is 22.6 Å². The van der Waals surface area contributed by atoms with Gasteiger partial charge in [0, 0.05) is 3.57 Å². The molecule has 1 saturated carbocycles. The second kappa shape index (κ2) is 4.51. The molecule has 0 saturated heterocycles. The van der Waals surface area contributed by atoms with E-state index in [0.717, 1.165) is 24.2 Å². The first-order chi connectivity index (χ1) is 6.75. The standard InChI is InChI=1S/C12H15IO/c1-9-5-6-10(9)8-14-12-4-2-3-11(13)7-12/h2-4,7,9-10H,5-6,8H2,1H3/t9-,10+/m0/s1. The molecule has 0 spiro atoms. The Balaban J connectivity index is 1.85. The average Bonchev–Trinajstić information content (AvgIpc) is 2.16. The van der Waals surface area contributed by atoms with Crippen molar-refractivity contribution in [3.8, 4) is 5.75 Å². The van der Waals surface area contributed by atoms with Gasteiger partial charge in [-0.25, -0.2) is 0 Å². The first-order valence-electron chi connectivity index (χ1n) is 5.14. The zero-order valence-electron chi connectivity index (χ0n) is 8.37. The van der Waals surface area contributed by atoms with Crippen molar-refractivity contribution in [1.82, 2.24) is 0 Å². The van der Waals surface area contributed by atoms with Crippen LogP contribution in [0.3, 0.4) is 0 Å². The van der Waals surface area contributed by atoms with E-state index in [2.05, 4.69) is 41.6 Å². The van der Waals surface area contributed by atoms with Crippen LogP contribution in [0.2, 0.25) is 0 Å². The van der Waals surface area contributed by atoms with Gasteiger partial charge in [-0.3, -0.25) is 0 Å². The summed E-state index contributed by atoms with van der Waals surface area (Å²) in [4.78, 5) is 0. The summed E-state index contributed by atoms with van der Waals surface area (Å²) in [6.07, 6.45) is 2.71. The summed E-state index contributed by atoms with van der Waals surface area (Å²) < 4.78 is 6.99. The van der Waals surface area contributed by atoms with Crippen molar-refractivity contribution in [1.29, 1.82) is 0 Å². The van der Waals surface area contributed by atoms with Crippen LogP contribution in [0.5, 0.6) is 5.75 Å². The molecule has 1 nitrogen and oxygen atoms in total. The zero-order chi connectivity index (χ0) is 9.97. The van der Waals surface area contributed by atoms with Crippen LogP contribution in [-0.2, 0) is 0 Å². The summed E-state index contributed by atoms with van der Waals surface area (Å²) in [7, 11) is 0. The molecule has 0 amide bonds. The quantitative estimate of drug-likeness (QED) is 0.773. The molecule has 1 aromatic carbocycles. The fourth-order valence-corrected chi connectivity index (χ4v) is 2.26. The normalized spacial score (nSPS) is 25.6. The lowest BCUT2D eigenvalue weighted by Crippen LogP contribution is -2.28. The van der Waals surface area contributed by atoms with Crippen molar-refractivity contribution in [2.75, 3.05) is 6.61 Å². The lowest BCUT2D eigenvalue weighted by molar-refractivity contribution is 0.116. The fourth-order valence-electron chi connectivity index (χ4n) is 1.74. The molecule has 1 fully saturated rings. The molecule has 0 radical (unpaired) electrons. The van der Waals surface area contributed by atoms with Crippen LogP contribution >= 0.6 is 22.6 Å². The second-order valence-electron chi connectivity index (χ2n) is 4.08. The smallest absolute Gasteiger partial charge is 0.120 e. The van der Waals surface area contributed by atoms with Gasteiger partial charge in [-0.1, -0.05) is 13.0 Å². The number of hydrogen-bond acceptors (Lipinski definition) is 1. The van der Waals surface area contributed by atoms with Gasteiger partial charge in [0.05, 0.1) is 6.61 Å². The maximum atomic E-state index is 5.76. The average molecular weight is 302 g/mol. The Labute approximate surface area is 99.0 Å². The van der Waals surface area contributed by atoms with E-state index in [4.69, 9.17) is 4.74 Å². The fraction of sp³-hybridized carbons (Fsp3) is 0.500. The Bertz CT molecular complexity index is 311. The van der Waals surface area contributed by atoms with Crippen LogP contribution in [0.4, 0.5) is 0 Å². The van der Waals surface area contributed by atoms with Gasteiger partial charge in [0.2, 0.25) is 0 Å². The Kier molecular flexibility index (Phi) is 3.31. The van der Waals surface area contributed by atoms with Crippen molar-refractivity contribution < 1.29 is 4.74 Å². The summed E-state index contributed by atoms with van der Waals surface area (Å²) in [5.41, 5.74) is 0. The van der Waals surface area contributed by atoms with Crippen LogP contribution < -0.4 is 4.74 Å². The number of hydrogen-bond donors (Lipinski definition) is 0. The highest BCUT2D eigenvalue weighted by atomic mass is 127. The van der Waals surface area contributed by atoms with Crippen LogP contribution in [0, 0.1) is 15.4 Å². The van der Waals surface area contributed by atoms with Gasteiger partial charge >= 0.3 is 0 Å². The molecule has 0 bridgehead atoms. The number of halogens is 1. The van der Waals surface area contributed by atoms with E-state index >= 15 is 0 Å². The highest BCUT2D eigenvalue weighted by Gasteiger charge is 2.26. The van der Waals surface area contributed by atoms with Crippen molar-refractivity contribution in [3.63, 3.8) is 0 Å². The van der Waals surface area contributed by atoms with Gasteiger partial charge in [-0.2, -0.15) is 0 Å². The van der Waals surface area contributed by atoms with Crippen LogP contribution in [0.15, 0.2) is 24.3 Å². The van der Waals surface area contributed by atoms with Gasteiger partial charge in [-0.15, -0.1) is 0 Å². The van der Waals surface area contributed by atoms with Crippen molar-refractivity contribution in [2.24, 2.45) is 11.8 Å². The zero-order valence-corrected chi connectivity index (χ0v) is 10.5. The molecule has 0 aromatic heterocycles. The number of rotatable bonds is 3. The van der Waals surface area contributed by atoms with E-state index in [0.29, 0.717) is 0 Å². The number of benzene rings is 1. The molecule has 76 valence electrons. The Hall–Kier alpha value is -0.250. The lowest BCUT2D eigenvalue weighted by atomic mass is 9.75. The molecule has 0 N–H and O–H groups in total. The van der Waals surface area contributed by atoms with Crippen LogP contribution in [0.25, 0.3) is 0 Å². The van der Waals surface area contributed by atoms with E-state index in [1.54, 1.807) is 0 Å². The minimum Gasteiger partial charge on any atom is -0.493 e. The molecule has 14 heavy (non-hydrogen) atoms. The molecular formula is C12H15IO. The molecule has 2 atom stereocenters. The third-order valence-electron chi connectivity index (χ3n) is 3.06. The van der Waals surface area contributed by atoms with E-state index < -0.39 is 0 Å². The molecule has 0 unspecified atom stereocenters. The van der Waals surface area contributed by atoms with E-state index in [1.165, 1.54) is 16.4 Å². The minimum atomic E-state index is 0.785. The van der Waals surface area contributed by atoms with Gasteiger partial charge in [0.1, 0.15) is 5.75 Å². The van der Waals surface area contributed by atoms with Crippen LogP contribution in [0.1, 0.15) is 19.8 Å².